The molecule has 1 aromatic heterocycles. The largest absolute Gasteiger partial charge is 0.388 e. The molecule has 1 aliphatic carbocycles. The lowest BCUT2D eigenvalue weighted by Crippen LogP contribution is -2.39. The summed E-state index contributed by atoms with van der Waals surface area (Å²) >= 11 is 0. The lowest BCUT2D eigenvalue weighted by Gasteiger charge is -2.32. The maximum absolute atomic E-state index is 11.2. The number of nitro groups is 1. The monoisotopic (exact) mass is 295 g/mol. The van der Waals surface area contributed by atoms with E-state index in [0.717, 1.165) is 19.3 Å². The summed E-state index contributed by atoms with van der Waals surface area (Å²) in [6.45, 7) is 1.83. The summed E-state index contributed by atoms with van der Waals surface area (Å²) in [5.74, 6) is 0.465. The maximum Gasteiger partial charge on any atom is 0.332 e. The highest BCUT2D eigenvalue weighted by Gasteiger charge is 2.30. The van der Waals surface area contributed by atoms with Crippen molar-refractivity contribution in [3.05, 3.63) is 15.8 Å². The summed E-state index contributed by atoms with van der Waals surface area (Å²) in [5, 5.41) is 27.4. The van der Waals surface area contributed by atoms with Crippen LogP contribution in [0.2, 0.25) is 0 Å². The Labute approximate surface area is 123 Å². The Morgan fingerprint density at radius 3 is 2.57 bits per heavy atom. The van der Waals surface area contributed by atoms with Gasteiger partial charge in [0, 0.05) is 13.6 Å². The van der Waals surface area contributed by atoms with Gasteiger partial charge in [0.05, 0.1) is 10.5 Å². The van der Waals surface area contributed by atoms with Crippen LogP contribution >= 0.6 is 0 Å². The van der Waals surface area contributed by atoms with Crippen LogP contribution in [0.25, 0.3) is 0 Å². The van der Waals surface area contributed by atoms with Gasteiger partial charge < -0.3 is 15.7 Å². The number of hydrogen-bond acceptors (Lipinski definition) is 7. The Bertz CT molecular complexity index is 529. The molecule has 1 aromatic rings. The number of nitrogens with one attached hydrogen (secondary N) is 2. The zero-order valence-corrected chi connectivity index (χ0v) is 12.3. The minimum absolute atomic E-state index is 0.145. The summed E-state index contributed by atoms with van der Waals surface area (Å²) in [6.07, 6.45) is 4.49. The van der Waals surface area contributed by atoms with Gasteiger partial charge >= 0.3 is 5.69 Å². The fraction of sp³-hybridized carbons (Fsp3) is 0.692. The molecule has 1 aliphatic rings. The number of rotatable bonds is 5. The molecule has 1 heterocycles. The van der Waals surface area contributed by atoms with Gasteiger partial charge in [0.2, 0.25) is 11.8 Å². The summed E-state index contributed by atoms with van der Waals surface area (Å²) in [6, 6.07) is 0. The third-order valence-corrected chi connectivity index (χ3v) is 3.83. The molecule has 3 N–H and O–H groups in total. The first-order valence-electron chi connectivity index (χ1n) is 7.12. The standard InChI is InChI=1S/C13H21N5O3/c1-9-10(18(20)21)11(17-12(14-2)16-9)15-8-13(19)6-4-3-5-7-13/h19H,3-8H2,1-2H3,(H2,14,15,16,17). The molecule has 0 spiro atoms. The van der Waals surface area contributed by atoms with Crippen molar-refractivity contribution in [1.29, 1.82) is 0 Å². The molecule has 8 nitrogen and oxygen atoms in total. The van der Waals surface area contributed by atoms with Crippen LogP contribution < -0.4 is 10.6 Å². The highest BCUT2D eigenvalue weighted by atomic mass is 16.6. The van der Waals surface area contributed by atoms with Gasteiger partial charge in [-0.05, 0) is 19.8 Å². The summed E-state index contributed by atoms with van der Waals surface area (Å²) in [5.41, 5.74) is -0.670. The number of aliphatic hydroxyl groups is 1. The molecule has 21 heavy (non-hydrogen) atoms. The van der Waals surface area contributed by atoms with E-state index in [1.165, 1.54) is 0 Å². The minimum atomic E-state index is -0.815. The molecule has 1 fully saturated rings. The second kappa shape index (κ2) is 6.21. The van der Waals surface area contributed by atoms with Crippen molar-refractivity contribution in [2.75, 3.05) is 24.2 Å². The average Bonchev–Trinajstić information content (AvgIpc) is 2.45. The number of hydrogen-bond donors (Lipinski definition) is 3. The van der Waals surface area contributed by atoms with E-state index in [9.17, 15) is 15.2 Å². The van der Waals surface area contributed by atoms with E-state index in [0.29, 0.717) is 18.8 Å². The summed E-state index contributed by atoms with van der Waals surface area (Å²) in [4.78, 5) is 18.8. The molecule has 8 heteroatoms. The fourth-order valence-corrected chi connectivity index (χ4v) is 2.66. The quantitative estimate of drug-likeness (QED) is 0.561. The third-order valence-electron chi connectivity index (χ3n) is 3.83. The summed E-state index contributed by atoms with van der Waals surface area (Å²) < 4.78 is 0. The van der Waals surface area contributed by atoms with E-state index in [2.05, 4.69) is 20.6 Å². The van der Waals surface area contributed by atoms with E-state index in [1.807, 2.05) is 0 Å². The van der Waals surface area contributed by atoms with Gasteiger partial charge in [-0.1, -0.05) is 19.3 Å². The van der Waals surface area contributed by atoms with Crippen LogP contribution in [-0.4, -0.2) is 39.2 Å². The fourth-order valence-electron chi connectivity index (χ4n) is 2.66. The maximum atomic E-state index is 11.2. The molecule has 0 saturated heterocycles. The Balaban J connectivity index is 2.21. The van der Waals surface area contributed by atoms with Crippen LogP contribution in [-0.2, 0) is 0 Å². The van der Waals surface area contributed by atoms with Gasteiger partial charge in [0.15, 0.2) is 0 Å². The molecule has 0 amide bonds. The molecule has 2 rings (SSSR count). The Morgan fingerprint density at radius 2 is 2.00 bits per heavy atom. The molecule has 0 radical (unpaired) electrons. The van der Waals surface area contributed by atoms with Crippen molar-refractivity contribution in [1.82, 2.24) is 9.97 Å². The summed E-state index contributed by atoms with van der Waals surface area (Å²) in [7, 11) is 1.65. The molecule has 0 unspecified atom stereocenters. The Morgan fingerprint density at radius 1 is 1.33 bits per heavy atom. The molecule has 116 valence electrons. The predicted octanol–water partition coefficient (Wildman–Crippen LogP) is 1.84. The second-order valence-corrected chi connectivity index (χ2v) is 5.48. The van der Waals surface area contributed by atoms with E-state index < -0.39 is 10.5 Å². The van der Waals surface area contributed by atoms with Crippen LogP contribution in [0.3, 0.4) is 0 Å². The van der Waals surface area contributed by atoms with E-state index in [4.69, 9.17) is 0 Å². The van der Waals surface area contributed by atoms with E-state index in [-0.39, 0.29) is 23.7 Å². The Kier molecular flexibility index (Phi) is 4.56. The van der Waals surface area contributed by atoms with Crippen LogP contribution in [0.1, 0.15) is 37.8 Å². The molecular formula is C13H21N5O3. The van der Waals surface area contributed by atoms with Gasteiger partial charge in [-0.25, -0.2) is 4.98 Å². The van der Waals surface area contributed by atoms with Crippen molar-refractivity contribution in [2.24, 2.45) is 0 Å². The van der Waals surface area contributed by atoms with Gasteiger partial charge in [0.25, 0.3) is 0 Å². The molecular weight excluding hydrogens is 274 g/mol. The van der Waals surface area contributed by atoms with Gasteiger partial charge in [-0.2, -0.15) is 4.98 Å². The third kappa shape index (κ3) is 3.57. The van der Waals surface area contributed by atoms with Gasteiger partial charge in [0.1, 0.15) is 5.69 Å². The first-order chi connectivity index (χ1) is 9.95. The van der Waals surface area contributed by atoms with Gasteiger partial charge in [-0.3, -0.25) is 10.1 Å². The molecule has 0 bridgehead atoms. The zero-order valence-electron chi connectivity index (χ0n) is 12.3. The Hall–Kier alpha value is -1.96. The van der Waals surface area contributed by atoms with E-state index in [1.54, 1.807) is 14.0 Å². The van der Waals surface area contributed by atoms with Crippen LogP contribution in [0.15, 0.2) is 0 Å². The average molecular weight is 295 g/mol. The van der Waals surface area contributed by atoms with Crippen molar-refractivity contribution in [3.8, 4) is 0 Å². The molecule has 0 aromatic carbocycles. The van der Waals surface area contributed by atoms with E-state index >= 15 is 0 Å². The highest BCUT2D eigenvalue weighted by molar-refractivity contribution is 5.60. The number of nitrogens with zero attached hydrogens (tertiary/aromatic N) is 3. The number of anilines is 2. The zero-order chi connectivity index (χ0) is 15.5. The normalized spacial score (nSPS) is 17.3. The van der Waals surface area contributed by atoms with Crippen molar-refractivity contribution in [3.63, 3.8) is 0 Å². The first kappa shape index (κ1) is 15.4. The molecule has 0 aliphatic heterocycles. The van der Waals surface area contributed by atoms with Crippen molar-refractivity contribution in [2.45, 2.75) is 44.6 Å². The van der Waals surface area contributed by atoms with Gasteiger partial charge in [-0.15, -0.1) is 0 Å². The number of aryl methyl sites for hydroxylation is 1. The number of aromatic nitrogens is 2. The second-order valence-electron chi connectivity index (χ2n) is 5.48. The lowest BCUT2D eigenvalue weighted by molar-refractivity contribution is -0.385. The highest BCUT2D eigenvalue weighted by Crippen LogP contribution is 2.31. The molecule has 1 saturated carbocycles. The topological polar surface area (TPSA) is 113 Å². The predicted molar refractivity (Wildman–Crippen MR) is 79.5 cm³/mol. The smallest absolute Gasteiger partial charge is 0.332 e. The van der Waals surface area contributed by atoms with Crippen LogP contribution in [0.4, 0.5) is 17.5 Å². The minimum Gasteiger partial charge on any atom is -0.388 e. The first-order valence-corrected chi connectivity index (χ1v) is 7.12. The lowest BCUT2D eigenvalue weighted by atomic mass is 9.85. The molecule has 0 atom stereocenters. The van der Waals surface area contributed by atoms with Crippen LogP contribution in [0, 0.1) is 17.0 Å². The van der Waals surface area contributed by atoms with Crippen molar-refractivity contribution >= 4 is 17.5 Å². The van der Waals surface area contributed by atoms with Crippen LogP contribution in [0.5, 0.6) is 0 Å². The SMILES string of the molecule is CNc1nc(C)c([N+](=O)[O-])c(NCC2(O)CCCCC2)n1. The van der Waals surface area contributed by atoms with Crippen molar-refractivity contribution < 1.29 is 10.0 Å².